The van der Waals surface area contributed by atoms with E-state index in [1.54, 1.807) is 24.1 Å². The largest absolute Gasteiger partial charge is 0.493 e. The van der Waals surface area contributed by atoms with Gasteiger partial charge in [-0.05, 0) is 67.1 Å². The van der Waals surface area contributed by atoms with Gasteiger partial charge in [0, 0.05) is 25.2 Å². The Morgan fingerprint density at radius 2 is 1.79 bits per heavy atom. The Balaban J connectivity index is 1.48. The molecule has 1 unspecified atom stereocenters. The lowest BCUT2D eigenvalue weighted by Crippen LogP contribution is -2.54. The quantitative estimate of drug-likeness (QED) is 0.493. The minimum atomic E-state index is -0.501. The van der Waals surface area contributed by atoms with E-state index in [9.17, 15) is 14.3 Å². The highest BCUT2D eigenvalue weighted by molar-refractivity contribution is 5.83. The third-order valence-electron chi connectivity index (χ3n) is 7.56. The molecule has 0 spiro atoms. The van der Waals surface area contributed by atoms with E-state index in [0.29, 0.717) is 49.5 Å². The van der Waals surface area contributed by atoms with E-state index in [2.05, 4.69) is 17.0 Å². The van der Waals surface area contributed by atoms with Gasteiger partial charge < -0.3 is 19.5 Å². The predicted octanol–water partition coefficient (Wildman–Crippen LogP) is 4.67. The Labute approximate surface area is 223 Å². The smallest absolute Gasteiger partial charge is 0.240 e. The second-order valence-electron chi connectivity index (χ2n) is 10.3. The summed E-state index contributed by atoms with van der Waals surface area (Å²) < 4.78 is 26.2. The van der Waals surface area contributed by atoms with E-state index in [0.717, 1.165) is 22.3 Å². The van der Waals surface area contributed by atoms with Gasteiger partial charge >= 0.3 is 0 Å². The van der Waals surface area contributed by atoms with E-state index in [1.165, 1.54) is 6.07 Å². The van der Waals surface area contributed by atoms with Crippen LogP contribution in [0.4, 0.5) is 4.39 Å². The van der Waals surface area contributed by atoms with Gasteiger partial charge in [-0.3, -0.25) is 9.69 Å². The average molecular weight is 519 g/mol. The number of amides is 1. The molecule has 0 radical (unpaired) electrons. The molecule has 1 N–H and O–H groups in total. The molecule has 5 rings (SSSR count). The maximum Gasteiger partial charge on any atom is 0.240 e. The number of ether oxygens (including phenoxy) is 2. The zero-order valence-corrected chi connectivity index (χ0v) is 22.2. The molecule has 0 aromatic heterocycles. The summed E-state index contributed by atoms with van der Waals surface area (Å²) in [6.45, 7) is 5.06. The molecule has 38 heavy (non-hydrogen) atoms. The van der Waals surface area contributed by atoms with Gasteiger partial charge in [-0.1, -0.05) is 42.5 Å². The van der Waals surface area contributed by atoms with Crippen molar-refractivity contribution in [3.05, 3.63) is 94.3 Å². The van der Waals surface area contributed by atoms with Crippen LogP contribution in [0.2, 0.25) is 0 Å². The van der Waals surface area contributed by atoms with Crippen molar-refractivity contribution in [2.45, 2.75) is 58.0 Å². The van der Waals surface area contributed by atoms with Crippen molar-refractivity contribution in [1.82, 2.24) is 9.80 Å². The number of hydrogen-bond donors (Lipinski definition) is 1. The van der Waals surface area contributed by atoms with E-state index in [-0.39, 0.29) is 24.4 Å². The molecule has 0 saturated carbocycles. The molecule has 2 heterocycles. The van der Waals surface area contributed by atoms with E-state index < -0.39 is 12.1 Å². The lowest BCUT2D eigenvalue weighted by Gasteiger charge is -2.43. The molecule has 0 bridgehead atoms. The summed E-state index contributed by atoms with van der Waals surface area (Å²) in [4.78, 5) is 18.1. The molecule has 0 fully saturated rings. The third-order valence-corrected chi connectivity index (χ3v) is 7.56. The summed E-state index contributed by atoms with van der Waals surface area (Å²) in [5.41, 5.74) is 4.76. The Morgan fingerprint density at radius 3 is 2.50 bits per heavy atom. The first-order chi connectivity index (χ1) is 18.4. The predicted molar refractivity (Wildman–Crippen MR) is 144 cm³/mol. The van der Waals surface area contributed by atoms with Crippen LogP contribution in [0, 0.1) is 5.82 Å². The fourth-order valence-corrected chi connectivity index (χ4v) is 5.70. The maximum atomic E-state index is 14.6. The minimum absolute atomic E-state index is 0.0508. The van der Waals surface area contributed by atoms with Crippen molar-refractivity contribution >= 4 is 5.91 Å². The normalized spacial score (nSPS) is 19.2. The van der Waals surface area contributed by atoms with E-state index >= 15 is 0 Å². The van der Waals surface area contributed by atoms with E-state index in [4.69, 9.17) is 9.47 Å². The molecule has 2 aliphatic rings. The number of rotatable bonds is 7. The molecule has 0 aliphatic carbocycles. The van der Waals surface area contributed by atoms with Crippen LogP contribution in [0.1, 0.15) is 47.7 Å². The van der Waals surface area contributed by atoms with Crippen molar-refractivity contribution in [2.24, 2.45) is 0 Å². The Bertz CT molecular complexity index is 1310. The van der Waals surface area contributed by atoms with Gasteiger partial charge in [0.05, 0.1) is 31.9 Å². The summed E-state index contributed by atoms with van der Waals surface area (Å²) in [5.74, 6) is 0.919. The molecule has 2 aliphatic heterocycles. The minimum Gasteiger partial charge on any atom is -0.493 e. The van der Waals surface area contributed by atoms with Crippen LogP contribution in [0.3, 0.4) is 0 Å². The van der Waals surface area contributed by atoms with Gasteiger partial charge in [0.2, 0.25) is 5.91 Å². The first kappa shape index (κ1) is 26.2. The fraction of sp³-hybridized carbons (Fsp3) is 0.387. The van der Waals surface area contributed by atoms with Crippen molar-refractivity contribution in [1.29, 1.82) is 0 Å². The number of carbonyl (C=O) groups excluding carboxylic acids is 1. The van der Waals surface area contributed by atoms with Crippen LogP contribution in [0.15, 0.2) is 60.7 Å². The number of aliphatic hydroxyl groups excluding tert-OH is 1. The monoisotopic (exact) mass is 518 g/mol. The number of nitrogens with zero attached hydrogens (tertiary/aromatic N) is 2. The van der Waals surface area contributed by atoms with E-state index in [1.807, 2.05) is 44.2 Å². The zero-order valence-electron chi connectivity index (χ0n) is 22.2. The number of carbonyl (C=O) groups is 1. The SMILES string of the molecule is COc1cc2c(cc1OC(C)C)C(CO)N(C(=O)[C@@H]1Cc3ccccc3CN1Cc1ccccc1F)CC2. The van der Waals surface area contributed by atoms with Gasteiger partial charge in [-0.25, -0.2) is 4.39 Å². The highest BCUT2D eigenvalue weighted by Gasteiger charge is 2.39. The van der Waals surface area contributed by atoms with Gasteiger partial charge in [-0.2, -0.15) is 0 Å². The zero-order chi connectivity index (χ0) is 26.8. The first-order valence-electron chi connectivity index (χ1n) is 13.2. The molecular weight excluding hydrogens is 483 g/mol. The van der Waals surface area contributed by atoms with Gasteiger partial charge in [-0.15, -0.1) is 0 Å². The molecule has 3 aromatic carbocycles. The van der Waals surface area contributed by atoms with Crippen molar-refractivity contribution in [3.8, 4) is 11.5 Å². The second kappa shape index (κ2) is 11.1. The van der Waals surface area contributed by atoms with Crippen LogP contribution in [-0.4, -0.2) is 53.2 Å². The van der Waals surface area contributed by atoms with Crippen LogP contribution in [0.25, 0.3) is 0 Å². The summed E-state index contributed by atoms with van der Waals surface area (Å²) in [5, 5.41) is 10.5. The lowest BCUT2D eigenvalue weighted by molar-refractivity contribution is -0.142. The number of methoxy groups -OCH3 is 1. The van der Waals surface area contributed by atoms with Crippen LogP contribution in [0.5, 0.6) is 11.5 Å². The number of benzene rings is 3. The van der Waals surface area contributed by atoms with Crippen molar-refractivity contribution < 1.29 is 23.8 Å². The van der Waals surface area contributed by atoms with Crippen molar-refractivity contribution in [2.75, 3.05) is 20.3 Å². The Hall–Kier alpha value is -3.42. The number of aliphatic hydroxyl groups is 1. The molecule has 7 heteroatoms. The number of halogens is 1. The van der Waals surface area contributed by atoms with Crippen molar-refractivity contribution in [3.63, 3.8) is 0 Å². The van der Waals surface area contributed by atoms with Crippen LogP contribution in [-0.2, 0) is 30.7 Å². The third kappa shape index (κ3) is 5.13. The summed E-state index contributed by atoms with van der Waals surface area (Å²) in [7, 11) is 1.61. The standard InChI is InChI=1S/C31H35FN2O4/c1-20(2)38-30-16-25-22(15-29(30)37-3)12-13-34(28(25)19-35)31(36)27-14-21-8-4-5-9-23(21)17-33(27)18-24-10-6-7-11-26(24)32/h4-11,15-16,20,27-28,35H,12-14,17-19H2,1-3H3/t27-,28?/m0/s1. The molecule has 200 valence electrons. The summed E-state index contributed by atoms with van der Waals surface area (Å²) >= 11 is 0. The highest BCUT2D eigenvalue weighted by Crippen LogP contribution is 2.39. The molecule has 0 saturated heterocycles. The Kier molecular flexibility index (Phi) is 7.68. The average Bonchev–Trinajstić information content (AvgIpc) is 2.92. The number of hydrogen-bond acceptors (Lipinski definition) is 5. The van der Waals surface area contributed by atoms with Crippen LogP contribution < -0.4 is 9.47 Å². The first-order valence-corrected chi connectivity index (χ1v) is 13.2. The molecular formula is C31H35FN2O4. The second-order valence-corrected chi connectivity index (χ2v) is 10.3. The van der Waals surface area contributed by atoms with Gasteiger partial charge in [0.15, 0.2) is 11.5 Å². The lowest BCUT2D eigenvalue weighted by atomic mass is 9.89. The summed E-state index contributed by atoms with van der Waals surface area (Å²) in [6, 6.07) is 17.7. The Morgan fingerprint density at radius 1 is 1.05 bits per heavy atom. The topological polar surface area (TPSA) is 62.2 Å². The van der Waals surface area contributed by atoms with Gasteiger partial charge in [0.1, 0.15) is 5.82 Å². The summed E-state index contributed by atoms with van der Waals surface area (Å²) in [6.07, 6.45) is 1.13. The van der Waals surface area contributed by atoms with Gasteiger partial charge in [0.25, 0.3) is 0 Å². The maximum absolute atomic E-state index is 14.6. The number of fused-ring (bicyclic) bond motifs is 2. The molecule has 1 amide bonds. The van der Waals surface area contributed by atoms with Crippen LogP contribution >= 0.6 is 0 Å². The molecule has 3 aromatic rings. The highest BCUT2D eigenvalue weighted by atomic mass is 19.1. The fourth-order valence-electron chi connectivity index (χ4n) is 5.70. The molecule has 6 nitrogen and oxygen atoms in total. The molecule has 2 atom stereocenters.